The van der Waals surface area contributed by atoms with Crippen molar-refractivity contribution in [1.82, 2.24) is 19.9 Å². The maximum Gasteiger partial charge on any atom is 0.157 e. The molecule has 15 heavy (non-hydrogen) atoms. The van der Waals surface area contributed by atoms with Crippen LogP contribution >= 0.6 is 0 Å². The molecule has 5 heteroatoms. The summed E-state index contributed by atoms with van der Waals surface area (Å²) in [6.07, 6.45) is 3.64. The summed E-state index contributed by atoms with van der Waals surface area (Å²) in [6.45, 7) is 4.92. The number of aromatic nitrogens is 3. The summed E-state index contributed by atoms with van der Waals surface area (Å²) in [6, 6.07) is 3.81. The van der Waals surface area contributed by atoms with Crippen LogP contribution in [0.15, 0.2) is 24.5 Å². The van der Waals surface area contributed by atoms with Gasteiger partial charge in [0, 0.05) is 25.4 Å². The summed E-state index contributed by atoms with van der Waals surface area (Å²) < 4.78 is 1.75. The van der Waals surface area contributed by atoms with E-state index >= 15 is 0 Å². The number of nitrogens with one attached hydrogen (secondary N) is 2. The Kier molecular flexibility index (Phi) is 3.14. The molecule has 0 bridgehead atoms. The number of likely N-dealkylation sites (N-methyl/N-ethyl adjacent to an activating group) is 1. The summed E-state index contributed by atoms with van der Waals surface area (Å²) >= 11 is 0. The van der Waals surface area contributed by atoms with Crippen LogP contribution in [0.4, 0.5) is 5.82 Å². The largest absolute Gasteiger partial charge is 0.369 e. The van der Waals surface area contributed by atoms with Gasteiger partial charge >= 0.3 is 0 Å². The van der Waals surface area contributed by atoms with Crippen molar-refractivity contribution in [1.29, 1.82) is 0 Å². The van der Waals surface area contributed by atoms with Crippen molar-refractivity contribution < 1.29 is 0 Å². The lowest BCUT2D eigenvalue weighted by Crippen LogP contribution is -2.21. The molecule has 0 saturated heterocycles. The number of rotatable bonds is 5. The van der Waals surface area contributed by atoms with Crippen molar-refractivity contribution in [3.8, 4) is 0 Å². The van der Waals surface area contributed by atoms with Crippen molar-refractivity contribution in [2.45, 2.75) is 6.92 Å². The molecule has 0 spiro atoms. The fraction of sp³-hybridized carbons (Fsp3) is 0.400. The lowest BCUT2D eigenvalue weighted by Gasteiger charge is -2.05. The Morgan fingerprint density at radius 2 is 2.27 bits per heavy atom. The third kappa shape index (κ3) is 2.44. The van der Waals surface area contributed by atoms with Gasteiger partial charge in [-0.3, -0.25) is 0 Å². The van der Waals surface area contributed by atoms with E-state index in [9.17, 15) is 0 Å². The molecule has 0 amide bonds. The normalized spacial score (nSPS) is 10.7. The van der Waals surface area contributed by atoms with Gasteiger partial charge in [-0.05, 0) is 12.6 Å². The molecule has 0 atom stereocenters. The first-order valence-electron chi connectivity index (χ1n) is 5.15. The number of anilines is 1. The Labute approximate surface area is 88.5 Å². The van der Waals surface area contributed by atoms with Gasteiger partial charge in [0.15, 0.2) is 5.65 Å². The number of nitrogens with zero attached hydrogens (tertiary/aromatic N) is 3. The SMILES string of the molecule is CCNCCNc1ccn2nccc2n1. The minimum atomic E-state index is 0.864. The van der Waals surface area contributed by atoms with Gasteiger partial charge in [0.1, 0.15) is 5.82 Å². The van der Waals surface area contributed by atoms with Crippen LogP contribution in [0.2, 0.25) is 0 Å². The standard InChI is InChI=1S/C10H15N5/c1-2-11-6-7-12-9-4-8-15-10(14-9)3-5-13-15/h3-5,8,11H,2,6-7H2,1H3,(H,12,14). The Morgan fingerprint density at radius 3 is 3.13 bits per heavy atom. The maximum atomic E-state index is 4.39. The van der Waals surface area contributed by atoms with Crippen LogP contribution in [-0.2, 0) is 0 Å². The fourth-order valence-electron chi connectivity index (χ4n) is 1.37. The first-order chi connectivity index (χ1) is 7.40. The molecule has 0 unspecified atom stereocenters. The van der Waals surface area contributed by atoms with E-state index in [0.717, 1.165) is 31.1 Å². The highest BCUT2D eigenvalue weighted by atomic mass is 15.2. The minimum absolute atomic E-state index is 0.864. The second-order valence-electron chi connectivity index (χ2n) is 3.23. The molecule has 2 rings (SSSR count). The van der Waals surface area contributed by atoms with Crippen LogP contribution < -0.4 is 10.6 Å². The third-order valence-corrected chi connectivity index (χ3v) is 2.12. The van der Waals surface area contributed by atoms with Crippen molar-refractivity contribution in [3.05, 3.63) is 24.5 Å². The molecular weight excluding hydrogens is 190 g/mol. The highest BCUT2D eigenvalue weighted by molar-refractivity contribution is 5.45. The van der Waals surface area contributed by atoms with Gasteiger partial charge in [-0.15, -0.1) is 0 Å². The van der Waals surface area contributed by atoms with Gasteiger partial charge in [-0.2, -0.15) is 5.10 Å². The van der Waals surface area contributed by atoms with E-state index in [2.05, 4.69) is 27.6 Å². The predicted molar refractivity (Wildman–Crippen MR) is 60.0 cm³/mol. The number of hydrogen-bond acceptors (Lipinski definition) is 4. The summed E-state index contributed by atoms with van der Waals surface area (Å²) in [7, 11) is 0. The molecule has 0 aliphatic carbocycles. The van der Waals surface area contributed by atoms with Crippen LogP contribution in [-0.4, -0.2) is 34.2 Å². The molecule has 0 fully saturated rings. The van der Waals surface area contributed by atoms with Gasteiger partial charge in [0.05, 0.1) is 6.20 Å². The molecule has 2 heterocycles. The molecule has 0 aliphatic rings. The number of hydrogen-bond donors (Lipinski definition) is 2. The van der Waals surface area contributed by atoms with Gasteiger partial charge in [0.2, 0.25) is 0 Å². The highest BCUT2D eigenvalue weighted by Gasteiger charge is 1.96. The predicted octanol–water partition coefficient (Wildman–Crippen LogP) is 0.751. The monoisotopic (exact) mass is 205 g/mol. The molecule has 0 aromatic carbocycles. The number of fused-ring (bicyclic) bond motifs is 1. The van der Waals surface area contributed by atoms with Crippen LogP contribution in [0.1, 0.15) is 6.92 Å². The summed E-state index contributed by atoms with van der Waals surface area (Å²) in [5.74, 6) is 0.890. The Balaban J connectivity index is 1.96. The minimum Gasteiger partial charge on any atom is -0.369 e. The van der Waals surface area contributed by atoms with Crippen LogP contribution in [0.5, 0.6) is 0 Å². The quantitative estimate of drug-likeness (QED) is 0.707. The van der Waals surface area contributed by atoms with Crippen LogP contribution in [0.3, 0.4) is 0 Å². The van der Waals surface area contributed by atoms with E-state index < -0.39 is 0 Å². The molecule has 80 valence electrons. The highest BCUT2D eigenvalue weighted by Crippen LogP contribution is 2.04. The lowest BCUT2D eigenvalue weighted by atomic mass is 10.5. The average molecular weight is 205 g/mol. The van der Waals surface area contributed by atoms with Gasteiger partial charge < -0.3 is 10.6 Å². The van der Waals surface area contributed by atoms with Crippen molar-refractivity contribution >= 4 is 11.5 Å². The average Bonchev–Trinajstić information content (AvgIpc) is 2.71. The molecule has 0 aliphatic heterocycles. The molecular formula is C10H15N5. The van der Waals surface area contributed by atoms with E-state index in [1.807, 2.05) is 18.3 Å². The van der Waals surface area contributed by atoms with E-state index in [0.29, 0.717) is 0 Å². The maximum absolute atomic E-state index is 4.39. The van der Waals surface area contributed by atoms with Crippen LogP contribution in [0, 0.1) is 0 Å². The molecule has 5 nitrogen and oxygen atoms in total. The molecule has 0 radical (unpaired) electrons. The third-order valence-electron chi connectivity index (χ3n) is 2.12. The first-order valence-corrected chi connectivity index (χ1v) is 5.15. The van der Waals surface area contributed by atoms with Crippen molar-refractivity contribution in [3.63, 3.8) is 0 Å². The molecule has 2 aromatic heterocycles. The summed E-state index contributed by atoms with van der Waals surface area (Å²) in [5.41, 5.74) is 0.864. The lowest BCUT2D eigenvalue weighted by molar-refractivity contribution is 0.737. The molecule has 2 aromatic rings. The van der Waals surface area contributed by atoms with E-state index in [1.54, 1.807) is 10.7 Å². The van der Waals surface area contributed by atoms with Crippen molar-refractivity contribution in [2.24, 2.45) is 0 Å². The zero-order chi connectivity index (χ0) is 10.5. The van der Waals surface area contributed by atoms with E-state index in [-0.39, 0.29) is 0 Å². The smallest absolute Gasteiger partial charge is 0.157 e. The fourth-order valence-corrected chi connectivity index (χ4v) is 1.37. The Hall–Kier alpha value is -1.62. The second-order valence-corrected chi connectivity index (χ2v) is 3.23. The topological polar surface area (TPSA) is 54.2 Å². The molecule has 2 N–H and O–H groups in total. The van der Waals surface area contributed by atoms with Gasteiger partial charge in [-0.25, -0.2) is 9.50 Å². The Bertz CT molecular complexity index is 422. The van der Waals surface area contributed by atoms with E-state index in [1.165, 1.54) is 0 Å². The second kappa shape index (κ2) is 4.75. The summed E-state index contributed by atoms with van der Waals surface area (Å²) in [5, 5.41) is 10.6. The zero-order valence-corrected chi connectivity index (χ0v) is 8.77. The Morgan fingerprint density at radius 1 is 1.33 bits per heavy atom. The molecule has 0 saturated carbocycles. The van der Waals surface area contributed by atoms with Crippen molar-refractivity contribution in [2.75, 3.05) is 25.0 Å². The van der Waals surface area contributed by atoms with Gasteiger partial charge in [0.25, 0.3) is 0 Å². The summed E-state index contributed by atoms with van der Waals surface area (Å²) in [4.78, 5) is 4.39. The van der Waals surface area contributed by atoms with E-state index in [4.69, 9.17) is 0 Å². The zero-order valence-electron chi connectivity index (χ0n) is 8.77. The van der Waals surface area contributed by atoms with Crippen LogP contribution in [0.25, 0.3) is 5.65 Å². The van der Waals surface area contributed by atoms with Gasteiger partial charge in [-0.1, -0.05) is 6.92 Å². The first kappa shape index (κ1) is 9.92.